The lowest BCUT2D eigenvalue weighted by Gasteiger charge is -2.31. The highest BCUT2D eigenvalue weighted by Crippen LogP contribution is 2.30. The van der Waals surface area contributed by atoms with Gasteiger partial charge in [-0.2, -0.15) is 0 Å². The van der Waals surface area contributed by atoms with Crippen LogP contribution in [0, 0.1) is 10.1 Å². The number of aromatic nitrogens is 4. The van der Waals surface area contributed by atoms with E-state index in [0.717, 1.165) is 17.2 Å². The van der Waals surface area contributed by atoms with Crippen molar-refractivity contribution in [2.24, 2.45) is 0 Å². The highest BCUT2D eigenvalue weighted by atomic mass is 32.2. The van der Waals surface area contributed by atoms with E-state index in [2.05, 4.69) is 25.6 Å². The number of nitrogens with one attached hydrogen (secondary N) is 3. The summed E-state index contributed by atoms with van der Waals surface area (Å²) in [5.41, 5.74) is 2.23. The first-order valence-electron chi connectivity index (χ1n) is 18.3. The van der Waals surface area contributed by atoms with Crippen molar-refractivity contribution in [2.45, 2.75) is 30.3 Å². The molecule has 1 aliphatic rings. The summed E-state index contributed by atoms with van der Waals surface area (Å²) >= 11 is 0. The van der Waals surface area contributed by atoms with Gasteiger partial charge in [-0.15, -0.1) is 0 Å². The number of hydrogen-bond acceptors (Lipinski definition) is 13. The Bertz CT molecular complexity index is 2550. The van der Waals surface area contributed by atoms with Gasteiger partial charge in [-0.3, -0.25) is 24.7 Å². The smallest absolute Gasteiger partial charge is 0.293 e. The lowest BCUT2D eigenvalue weighted by molar-refractivity contribution is -0.384. The number of nitro benzene ring substituents is 1. The number of imidazole rings is 1. The second-order valence-electron chi connectivity index (χ2n) is 13.8. The molecular formula is C40H40N10O7S. The van der Waals surface area contributed by atoms with Crippen molar-refractivity contribution in [3.8, 4) is 5.75 Å². The molecule has 0 aliphatic carbocycles. The third kappa shape index (κ3) is 9.20. The molecule has 17 nitrogen and oxygen atoms in total. The molecule has 18 heteroatoms. The van der Waals surface area contributed by atoms with Crippen LogP contribution in [-0.4, -0.2) is 89.2 Å². The van der Waals surface area contributed by atoms with Gasteiger partial charge in [0.05, 0.1) is 28.3 Å². The van der Waals surface area contributed by atoms with E-state index in [1.807, 2.05) is 58.9 Å². The van der Waals surface area contributed by atoms with Gasteiger partial charge in [0.1, 0.15) is 29.6 Å². The van der Waals surface area contributed by atoms with Crippen molar-refractivity contribution in [3.05, 3.63) is 142 Å². The first kappa shape index (κ1) is 39.3. The lowest BCUT2D eigenvalue weighted by Crippen LogP contribution is -2.34. The predicted octanol–water partition coefficient (Wildman–Crippen LogP) is 4.78. The molecule has 0 fully saturated rings. The number of amides is 2. The molecule has 1 aliphatic heterocycles. The average Bonchev–Trinajstić information content (AvgIpc) is 3.64. The van der Waals surface area contributed by atoms with Gasteiger partial charge in [0.15, 0.2) is 11.5 Å². The average molecular weight is 805 g/mol. The highest BCUT2D eigenvalue weighted by molar-refractivity contribution is 7.90. The summed E-state index contributed by atoms with van der Waals surface area (Å²) in [7, 11) is -0.757. The fourth-order valence-corrected chi connectivity index (χ4v) is 7.51. The molecule has 0 saturated carbocycles. The topological polar surface area (TPSA) is 206 Å². The third-order valence-electron chi connectivity index (χ3n) is 9.50. The number of para-hydroxylation sites is 1. The minimum Gasteiger partial charge on any atom is -0.491 e. The summed E-state index contributed by atoms with van der Waals surface area (Å²) in [6, 6.07) is 22.4. The van der Waals surface area contributed by atoms with Crippen molar-refractivity contribution in [1.82, 2.24) is 29.0 Å². The molecule has 7 rings (SSSR count). The van der Waals surface area contributed by atoms with Crippen LogP contribution in [0.2, 0.25) is 0 Å². The Balaban J connectivity index is 1.04. The number of fused-ring (bicyclic) bond motifs is 2. The van der Waals surface area contributed by atoms with Gasteiger partial charge in [-0.1, -0.05) is 36.4 Å². The number of nitro groups is 1. The van der Waals surface area contributed by atoms with Crippen LogP contribution in [0.3, 0.4) is 0 Å². The molecule has 0 bridgehead atoms. The zero-order valence-corrected chi connectivity index (χ0v) is 32.4. The van der Waals surface area contributed by atoms with Crippen molar-refractivity contribution < 1.29 is 27.7 Å². The highest BCUT2D eigenvalue weighted by Gasteiger charge is 2.27. The molecular weight excluding hydrogens is 765 g/mol. The quantitative estimate of drug-likeness (QED) is 0.0946. The van der Waals surface area contributed by atoms with E-state index in [1.54, 1.807) is 59.5 Å². The molecule has 0 unspecified atom stereocenters. The molecule has 58 heavy (non-hydrogen) atoms. The van der Waals surface area contributed by atoms with Crippen molar-refractivity contribution >= 4 is 50.5 Å². The maximum atomic E-state index is 13.5. The van der Waals surface area contributed by atoms with Gasteiger partial charge in [0, 0.05) is 37.1 Å². The van der Waals surface area contributed by atoms with Crippen molar-refractivity contribution in [2.75, 3.05) is 49.3 Å². The number of rotatable bonds is 15. The second kappa shape index (κ2) is 17.1. The van der Waals surface area contributed by atoms with Crippen LogP contribution >= 0.6 is 0 Å². The standard InChI is InChI=1S/C40H40N10O7S/c1-47(2)19-17-28(26-57-29-9-4-3-5-10-29)42-33-15-14-30(22-35(33)50(53)54)58(55,56)46-40(52)34-12-7-13-37(43-34)48-20-16-27-8-6-11-31(32(27)24-48)39(51)45-36-25-49-21-18-41-23-38(49)44-36/h3-15,18,21-23,25,28,42H,16-17,19-20,24,26H2,1-2H3,(H,45,51)(H,46,52)/t28-/m1/s1. The molecule has 1 atom stereocenters. The molecule has 298 valence electrons. The van der Waals surface area contributed by atoms with Gasteiger partial charge in [-0.05, 0) is 87.1 Å². The lowest BCUT2D eigenvalue weighted by atomic mass is 9.94. The number of sulfonamides is 1. The Kier molecular flexibility index (Phi) is 11.6. The number of carbonyl (C=O) groups is 2. The summed E-state index contributed by atoms with van der Waals surface area (Å²) in [4.78, 5) is 54.7. The number of nitrogens with zero attached hydrogens (tertiary/aromatic N) is 7. The molecule has 4 heterocycles. The predicted molar refractivity (Wildman–Crippen MR) is 217 cm³/mol. The SMILES string of the molecule is CN(C)CC[C@H](COc1ccccc1)Nc1ccc(S(=O)(=O)NC(=O)c2cccc(N3CCc4cccc(C(=O)Nc5cn6ccncc6n5)c4C3)n2)cc1[N+](=O)[O-]. The largest absolute Gasteiger partial charge is 0.491 e. The Morgan fingerprint density at radius 1 is 1.00 bits per heavy atom. The van der Waals surface area contributed by atoms with Crippen LogP contribution in [-0.2, 0) is 23.0 Å². The Morgan fingerprint density at radius 3 is 2.59 bits per heavy atom. The van der Waals surface area contributed by atoms with Crippen LogP contribution in [0.25, 0.3) is 5.65 Å². The van der Waals surface area contributed by atoms with E-state index >= 15 is 0 Å². The molecule has 2 amide bonds. The first-order chi connectivity index (χ1) is 27.9. The second-order valence-corrected chi connectivity index (χ2v) is 15.5. The summed E-state index contributed by atoms with van der Waals surface area (Å²) in [5, 5.41) is 18.2. The number of pyridine rings is 1. The van der Waals surface area contributed by atoms with E-state index in [0.29, 0.717) is 61.1 Å². The van der Waals surface area contributed by atoms with Crippen molar-refractivity contribution in [3.63, 3.8) is 0 Å². The van der Waals surface area contributed by atoms with Crippen LogP contribution < -0.4 is 25.0 Å². The molecule has 3 N–H and O–H groups in total. The molecule has 0 saturated heterocycles. The molecule has 3 aromatic heterocycles. The maximum Gasteiger partial charge on any atom is 0.293 e. The normalized spacial score (nSPS) is 13.1. The van der Waals surface area contributed by atoms with Crippen LogP contribution in [0.1, 0.15) is 38.4 Å². The monoisotopic (exact) mass is 804 g/mol. The van der Waals surface area contributed by atoms with E-state index < -0.39 is 31.4 Å². The summed E-state index contributed by atoms with van der Waals surface area (Å²) < 4.78 is 36.6. The zero-order chi connectivity index (χ0) is 40.8. The number of anilines is 3. The van der Waals surface area contributed by atoms with Gasteiger partial charge in [0.2, 0.25) is 0 Å². The van der Waals surface area contributed by atoms with E-state index in [4.69, 9.17) is 4.74 Å². The van der Waals surface area contributed by atoms with E-state index in [9.17, 15) is 28.1 Å². The fraction of sp³-hybridized carbons (Fsp3) is 0.225. The van der Waals surface area contributed by atoms with Gasteiger partial charge in [-0.25, -0.2) is 23.1 Å². The molecule has 0 spiro atoms. The number of benzene rings is 3. The number of ether oxygens (including phenoxy) is 1. The number of hydrogen-bond donors (Lipinski definition) is 3. The summed E-state index contributed by atoms with van der Waals surface area (Å²) in [6.45, 7) is 1.67. The maximum absolute atomic E-state index is 13.5. The van der Waals surface area contributed by atoms with Gasteiger partial charge >= 0.3 is 0 Å². The van der Waals surface area contributed by atoms with Crippen molar-refractivity contribution in [1.29, 1.82) is 0 Å². The first-order valence-corrected chi connectivity index (χ1v) is 19.8. The minimum absolute atomic E-state index is 0.0987. The van der Waals surface area contributed by atoms with E-state index in [1.165, 1.54) is 18.2 Å². The van der Waals surface area contributed by atoms with Crippen LogP contribution in [0.15, 0.2) is 115 Å². The zero-order valence-electron chi connectivity index (χ0n) is 31.6. The van der Waals surface area contributed by atoms with Crippen LogP contribution in [0.4, 0.5) is 23.0 Å². The molecule has 0 radical (unpaired) electrons. The number of carbonyl (C=O) groups excluding carboxylic acids is 2. The Labute approximate surface area is 333 Å². The molecule has 6 aromatic rings. The summed E-state index contributed by atoms with van der Waals surface area (Å²) in [6.07, 6.45) is 7.78. The third-order valence-corrected chi connectivity index (χ3v) is 10.8. The van der Waals surface area contributed by atoms with Gasteiger partial charge in [0.25, 0.3) is 27.5 Å². The summed E-state index contributed by atoms with van der Waals surface area (Å²) in [5.74, 6) is 0.0417. The van der Waals surface area contributed by atoms with E-state index in [-0.39, 0.29) is 29.9 Å². The minimum atomic E-state index is -4.58. The Hall–Kier alpha value is -6.92. The fourth-order valence-electron chi connectivity index (χ4n) is 6.53. The van der Waals surface area contributed by atoms with Crippen LogP contribution in [0.5, 0.6) is 5.75 Å². The van der Waals surface area contributed by atoms with Gasteiger partial charge < -0.3 is 29.6 Å². The molecule has 3 aromatic carbocycles. The Morgan fingerprint density at radius 2 is 1.81 bits per heavy atom.